The Morgan fingerprint density at radius 3 is 3.00 bits per heavy atom. The second-order valence-corrected chi connectivity index (χ2v) is 1.70. The number of aromatic amines is 1. The van der Waals surface area contributed by atoms with E-state index in [1.807, 2.05) is 0 Å². The Bertz CT molecular complexity index is 265. The van der Waals surface area contributed by atoms with Gasteiger partial charge in [-0.25, -0.2) is 0 Å². The van der Waals surface area contributed by atoms with Crippen molar-refractivity contribution in [2.45, 2.75) is 0 Å². The molecule has 1 aromatic rings. The molecule has 4 heteroatoms. The summed E-state index contributed by atoms with van der Waals surface area (Å²) in [6.45, 7) is 0.338. The van der Waals surface area contributed by atoms with Gasteiger partial charge in [-0.05, 0) is 0 Å². The molecule has 0 aromatic carbocycles. The summed E-state index contributed by atoms with van der Waals surface area (Å²) < 4.78 is 0. The average Bonchev–Trinajstić information content (AvgIpc) is 2.31. The molecule has 4 nitrogen and oxygen atoms in total. The minimum absolute atomic E-state index is 0.338. The molecular weight excluding hydrogens is 128 g/mol. The molecule has 0 fully saturated rings. The molecule has 0 aliphatic heterocycles. The molecule has 0 saturated heterocycles. The van der Waals surface area contributed by atoms with Crippen LogP contribution >= 0.6 is 0 Å². The third-order valence-electron chi connectivity index (χ3n) is 0.994. The SMILES string of the molecule is NCC#Cc1cn[nH]c1N. The largest absolute Gasteiger partial charge is 0.383 e. The Labute approximate surface area is 58.6 Å². The van der Waals surface area contributed by atoms with Gasteiger partial charge in [-0.15, -0.1) is 0 Å². The molecule has 1 rings (SSSR count). The molecule has 0 bridgehead atoms. The number of nitrogens with two attached hydrogens (primary N) is 2. The van der Waals surface area contributed by atoms with Crippen molar-refractivity contribution in [2.24, 2.45) is 5.73 Å². The van der Waals surface area contributed by atoms with Gasteiger partial charge in [0.15, 0.2) is 0 Å². The monoisotopic (exact) mass is 136 g/mol. The van der Waals surface area contributed by atoms with Gasteiger partial charge in [-0.2, -0.15) is 5.10 Å². The number of H-pyrrole nitrogens is 1. The van der Waals surface area contributed by atoms with E-state index < -0.39 is 0 Å². The maximum absolute atomic E-state index is 5.42. The maximum atomic E-state index is 5.42. The molecule has 5 N–H and O–H groups in total. The molecule has 0 aliphatic carbocycles. The first-order valence-electron chi connectivity index (χ1n) is 2.82. The highest BCUT2D eigenvalue weighted by molar-refractivity contribution is 5.48. The number of aromatic nitrogens is 2. The Balaban J connectivity index is 2.84. The molecule has 10 heavy (non-hydrogen) atoms. The van der Waals surface area contributed by atoms with Crippen LogP contribution in [0.15, 0.2) is 6.20 Å². The summed E-state index contributed by atoms with van der Waals surface area (Å²) in [6.07, 6.45) is 1.57. The van der Waals surface area contributed by atoms with Crippen LogP contribution in [0.3, 0.4) is 0 Å². The predicted molar refractivity (Wildman–Crippen MR) is 38.9 cm³/mol. The van der Waals surface area contributed by atoms with Crippen molar-refractivity contribution in [2.75, 3.05) is 12.3 Å². The molecule has 0 spiro atoms. The van der Waals surface area contributed by atoms with E-state index in [9.17, 15) is 0 Å². The van der Waals surface area contributed by atoms with E-state index in [4.69, 9.17) is 11.5 Å². The van der Waals surface area contributed by atoms with Gasteiger partial charge in [0.1, 0.15) is 5.82 Å². The van der Waals surface area contributed by atoms with Crippen molar-refractivity contribution in [1.82, 2.24) is 10.2 Å². The standard InChI is InChI=1S/C6H8N4/c7-3-1-2-5-4-9-10-6(5)8/h4H,3,7H2,(H3,8,9,10). The molecule has 0 atom stereocenters. The molecule has 0 unspecified atom stereocenters. The molecule has 0 aliphatic rings. The zero-order valence-electron chi connectivity index (χ0n) is 5.39. The van der Waals surface area contributed by atoms with E-state index in [1.165, 1.54) is 0 Å². The average molecular weight is 136 g/mol. The van der Waals surface area contributed by atoms with Crippen LogP contribution in [-0.4, -0.2) is 16.7 Å². The van der Waals surface area contributed by atoms with Crippen LogP contribution in [0.5, 0.6) is 0 Å². The van der Waals surface area contributed by atoms with Crippen LogP contribution in [0.2, 0.25) is 0 Å². The van der Waals surface area contributed by atoms with Crippen LogP contribution in [0.4, 0.5) is 5.82 Å². The highest BCUT2D eigenvalue weighted by Gasteiger charge is 1.93. The summed E-state index contributed by atoms with van der Waals surface area (Å²) >= 11 is 0. The van der Waals surface area contributed by atoms with Gasteiger partial charge in [-0.1, -0.05) is 11.8 Å². The summed E-state index contributed by atoms with van der Waals surface area (Å²) in [5, 5.41) is 6.24. The van der Waals surface area contributed by atoms with E-state index >= 15 is 0 Å². The lowest BCUT2D eigenvalue weighted by Gasteiger charge is -1.81. The molecule has 0 amide bonds. The Kier molecular flexibility index (Phi) is 1.92. The number of nitrogens with zero attached hydrogens (tertiary/aromatic N) is 1. The molecule has 1 heterocycles. The minimum Gasteiger partial charge on any atom is -0.383 e. The second kappa shape index (κ2) is 2.90. The number of rotatable bonds is 0. The number of hydrogen-bond acceptors (Lipinski definition) is 3. The second-order valence-electron chi connectivity index (χ2n) is 1.70. The summed E-state index contributed by atoms with van der Waals surface area (Å²) in [7, 11) is 0. The highest BCUT2D eigenvalue weighted by atomic mass is 15.1. The summed E-state index contributed by atoms with van der Waals surface area (Å²) in [4.78, 5) is 0. The number of anilines is 1. The minimum atomic E-state index is 0.338. The van der Waals surface area contributed by atoms with Crippen LogP contribution < -0.4 is 11.5 Å². The third kappa shape index (κ3) is 1.27. The van der Waals surface area contributed by atoms with E-state index in [1.54, 1.807) is 6.20 Å². The lowest BCUT2D eigenvalue weighted by molar-refractivity contribution is 1.10. The maximum Gasteiger partial charge on any atom is 0.134 e. The summed E-state index contributed by atoms with van der Waals surface area (Å²) in [6, 6.07) is 0. The van der Waals surface area contributed by atoms with Crippen molar-refractivity contribution < 1.29 is 0 Å². The predicted octanol–water partition coefficient (Wildman–Crippen LogP) is -0.698. The molecule has 0 radical (unpaired) electrons. The zero-order chi connectivity index (χ0) is 7.40. The van der Waals surface area contributed by atoms with E-state index in [-0.39, 0.29) is 0 Å². The van der Waals surface area contributed by atoms with Gasteiger partial charge in [0, 0.05) is 0 Å². The van der Waals surface area contributed by atoms with E-state index in [2.05, 4.69) is 22.0 Å². The van der Waals surface area contributed by atoms with Gasteiger partial charge >= 0.3 is 0 Å². The quantitative estimate of drug-likeness (QED) is 0.412. The van der Waals surface area contributed by atoms with Crippen LogP contribution in [0.25, 0.3) is 0 Å². The van der Waals surface area contributed by atoms with Crippen molar-refractivity contribution in [1.29, 1.82) is 0 Å². The Morgan fingerprint density at radius 2 is 2.50 bits per heavy atom. The van der Waals surface area contributed by atoms with Crippen LogP contribution in [0.1, 0.15) is 5.56 Å². The molecule has 1 aromatic heterocycles. The van der Waals surface area contributed by atoms with Crippen molar-refractivity contribution in [3.8, 4) is 11.8 Å². The first-order valence-corrected chi connectivity index (χ1v) is 2.82. The van der Waals surface area contributed by atoms with Gasteiger partial charge < -0.3 is 11.5 Å². The van der Waals surface area contributed by atoms with E-state index in [0.717, 1.165) is 0 Å². The fraction of sp³-hybridized carbons (Fsp3) is 0.167. The van der Waals surface area contributed by atoms with Crippen LogP contribution in [-0.2, 0) is 0 Å². The topological polar surface area (TPSA) is 80.7 Å². The molecule has 0 saturated carbocycles. The third-order valence-corrected chi connectivity index (χ3v) is 0.994. The van der Waals surface area contributed by atoms with Gasteiger partial charge in [0.25, 0.3) is 0 Å². The summed E-state index contributed by atoms with van der Waals surface area (Å²) in [5.74, 6) is 5.92. The van der Waals surface area contributed by atoms with Gasteiger partial charge in [0.2, 0.25) is 0 Å². The van der Waals surface area contributed by atoms with Crippen molar-refractivity contribution in [3.63, 3.8) is 0 Å². The highest BCUT2D eigenvalue weighted by Crippen LogP contribution is 2.01. The van der Waals surface area contributed by atoms with Crippen molar-refractivity contribution >= 4 is 5.82 Å². The smallest absolute Gasteiger partial charge is 0.134 e. The van der Waals surface area contributed by atoms with Gasteiger partial charge in [-0.3, -0.25) is 5.10 Å². The van der Waals surface area contributed by atoms with E-state index in [0.29, 0.717) is 17.9 Å². The lowest BCUT2D eigenvalue weighted by Crippen LogP contribution is -1.93. The number of nitrogen functional groups attached to an aromatic ring is 1. The Morgan fingerprint density at radius 1 is 1.70 bits per heavy atom. The zero-order valence-corrected chi connectivity index (χ0v) is 5.39. The summed E-state index contributed by atoms with van der Waals surface area (Å²) in [5.41, 5.74) is 11.3. The number of hydrogen-bond donors (Lipinski definition) is 3. The fourth-order valence-electron chi connectivity index (χ4n) is 0.542. The molecular formula is C6H8N4. The first kappa shape index (κ1) is 6.65. The normalized spacial score (nSPS) is 8.50. The van der Waals surface area contributed by atoms with Crippen molar-refractivity contribution in [3.05, 3.63) is 11.8 Å². The van der Waals surface area contributed by atoms with Gasteiger partial charge in [0.05, 0.1) is 18.3 Å². The number of nitrogens with one attached hydrogen (secondary N) is 1. The fourth-order valence-corrected chi connectivity index (χ4v) is 0.542. The van der Waals surface area contributed by atoms with Crippen LogP contribution in [0, 0.1) is 11.8 Å². The molecule has 52 valence electrons. The Hall–Kier alpha value is -1.47. The lowest BCUT2D eigenvalue weighted by atomic mass is 10.3. The first-order chi connectivity index (χ1) is 4.84.